The fraction of sp³-hybridized carbons (Fsp3) is 0.222. The molecule has 0 atom stereocenters. The minimum atomic E-state index is 0.691. The van der Waals surface area contributed by atoms with Gasteiger partial charge in [0.05, 0.1) is 12.5 Å². The number of nitrogen functional groups attached to an aromatic ring is 1. The van der Waals surface area contributed by atoms with Crippen molar-refractivity contribution in [3.05, 3.63) is 24.2 Å². The lowest BCUT2D eigenvalue weighted by molar-refractivity contribution is 0.568. The maximum absolute atomic E-state index is 5.78. The zero-order valence-electron chi connectivity index (χ0n) is 7.61. The summed E-state index contributed by atoms with van der Waals surface area (Å²) in [6.45, 7) is 1.95. The van der Waals surface area contributed by atoms with Crippen molar-refractivity contribution >= 4 is 5.82 Å². The van der Waals surface area contributed by atoms with E-state index in [9.17, 15) is 0 Å². The van der Waals surface area contributed by atoms with Crippen LogP contribution in [0, 0.1) is 6.92 Å². The molecule has 0 aliphatic carbocycles. The van der Waals surface area contributed by atoms with Gasteiger partial charge < -0.3 is 10.2 Å². The molecule has 0 bridgehead atoms. The van der Waals surface area contributed by atoms with Gasteiger partial charge in [-0.05, 0) is 13.0 Å². The van der Waals surface area contributed by atoms with Crippen molar-refractivity contribution in [3.8, 4) is 11.3 Å². The van der Waals surface area contributed by atoms with Crippen LogP contribution in [0.1, 0.15) is 5.56 Å². The van der Waals surface area contributed by atoms with E-state index in [2.05, 4.69) is 5.10 Å². The average molecular weight is 177 g/mol. The summed E-state index contributed by atoms with van der Waals surface area (Å²) in [4.78, 5) is 0. The number of furan rings is 1. The third-order valence-corrected chi connectivity index (χ3v) is 2.13. The number of nitrogens with two attached hydrogens (primary N) is 1. The van der Waals surface area contributed by atoms with Gasteiger partial charge in [0.2, 0.25) is 0 Å². The maximum Gasteiger partial charge on any atom is 0.124 e. The molecule has 68 valence electrons. The average Bonchev–Trinajstić information content (AvgIpc) is 2.70. The third-order valence-electron chi connectivity index (χ3n) is 2.13. The molecule has 13 heavy (non-hydrogen) atoms. The Balaban J connectivity index is 2.59. The fourth-order valence-corrected chi connectivity index (χ4v) is 1.32. The van der Waals surface area contributed by atoms with Gasteiger partial charge in [-0.3, -0.25) is 4.68 Å². The molecule has 2 aromatic rings. The number of anilines is 1. The number of hydrogen-bond acceptors (Lipinski definition) is 3. The minimum Gasteiger partial charge on any atom is -0.472 e. The fourth-order valence-electron chi connectivity index (χ4n) is 1.32. The van der Waals surface area contributed by atoms with Crippen LogP contribution in [-0.4, -0.2) is 9.78 Å². The zero-order chi connectivity index (χ0) is 9.42. The molecule has 0 spiro atoms. The van der Waals surface area contributed by atoms with Crippen LogP contribution in [0.4, 0.5) is 5.82 Å². The van der Waals surface area contributed by atoms with E-state index < -0.39 is 0 Å². The molecule has 4 heteroatoms. The summed E-state index contributed by atoms with van der Waals surface area (Å²) in [5.41, 5.74) is 8.61. The summed E-state index contributed by atoms with van der Waals surface area (Å²) in [6, 6.07) is 1.87. The first kappa shape index (κ1) is 7.91. The lowest BCUT2D eigenvalue weighted by Gasteiger charge is -1.91. The Bertz CT molecular complexity index is 414. The predicted molar refractivity (Wildman–Crippen MR) is 50.1 cm³/mol. The second-order valence-corrected chi connectivity index (χ2v) is 2.99. The molecular formula is C9H11N3O. The van der Waals surface area contributed by atoms with Crippen molar-refractivity contribution < 1.29 is 4.42 Å². The number of rotatable bonds is 1. The van der Waals surface area contributed by atoms with Crippen LogP contribution >= 0.6 is 0 Å². The normalized spacial score (nSPS) is 10.6. The van der Waals surface area contributed by atoms with Crippen LogP contribution in [0.3, 0.4) is 0 Å². The quantitative estimate of drug-likeness (QED) is 0.719. The standard InChI is InChI=1S/C9H11N3O/c1-6-8(7-3-4-13-5-7)11-12(2)9(6)10/h3-5H,10H2,1-2H3. The van der Waals surface area contributed by atoms with Gasteiger partial charge in [0.1, 0.15) is 11.5 Å². The van der Waals surface area contributed by atoms with E-state index >= 15 is 0 Å². The first-order chi connectivity index (χ1) is 6.20. The molecule has 0 saturated carbocycles. The van der Waals surface area contributed by atoms with Crippen molar-refractivity contribution in [2.45, 2.75) is 6.92 Å². The van der Waals surface area contributed by atoms with Crippen LogP contribution < -0.4 is 5.73 Å². The summed E-state index contributed by atoms with van der Waals surface area (Å²) < 4.78 is 6.65. The number of aromatic nitrogens is 2. The molecule has 0 fully saturated rings. The lowest BCUT2D eigenvalue weighted by Crippen LogP contribution is -1.97. The molecule has 0 saturated heterocycles. The SMILES string of the molecule is Cc1c(-c2ccoc2)nn(C)c1N. The first-order valence-electron chi connectivity index (χ1n) is 4.02. The van der Waals surface area contributed by atoms with Gasteiger partial charge in [-0.15, -0.1) is 0 Å². The van der Waals surface area contributed by atoms with Gasteiger partial charge >= 0.3 is 0 Å². The summed E-state index contributed by atoms with van der Waals surface area (Å²) in [7, 11) is 1.83. The molecule has 2 N–H and O–H groups in total. The second kappa shape index (κ2) is 2.65. The van der Waals surface area contributed by atoms with Gasteiger partial charge in [-0.2, -0.15) is 5.10 Å². The third kappa shape index (κ3) is 1.11. The monoisotopic (exact) mass is 177 g/mol. The zero-order valence-corrected chi connectivity index (χ0v) is 7.61. The highest BCUT2D eigenvalue weighted by Gasteiger charge is 2.11. The number of nitrogens with zero attached hydrogens (tertiary/aromatic N) is 2. The Kier molecular flexibility index (Phi) is 1.62. The Hall–Kier alpha value is -1.71. The molecular weight excluding hydrogens is 166 g/mol. The summed E-state index contributed by atoms with van der Waals surface area (Å²) in [5.74, 6) is 0.691. The lowest BCUT2D eigenvalue weighted by atomic mass is 10.1. The van der Waals surface area contributed by atoms with Crippen molar-refractivity contribution in [3.63, 3.8) is 0 Å². The molecule has 0 amide bonds. The molecule has 2 rings (SSSR count). The Morgan fingerprint density at radius 1 is 1.54 bits per heavy atom. The van der Waals surface area contributed by atoms with Crippen LogP contribution in [0.5, 0.6) is 0 Å². The van der Waals surface area contributed by atoms with Crippen LogP contribution in [0.25, 0.3) is 11.3 Å². The molecule has 0 unspecified atom stereocenters. The highest BCUT2D eigenvalue weighted by molar-refractivity contribution is 5.66. The van der Waals surface area contributed by atoms with E-state index in [4.69, 9.17) is 10.2 Å². The highest BCUT2D eigenvalue weighted by atomic mass is 16.3. The molecule has 0 aromatic carbocycles. The van der Waals surface area contributed by atoms with Crippen LogP contribution in [-0.2, 0) is 7.05 Å². The van der Waals surface area contributed by atoms with E-state index in [1.807, 2.05) is 20.0 Å². The molecule has 0 aliphatic heterocycles. The summed E-state index contributed by atoms with van der Waals surface area (Å²) in [5, 5.41) is 4.28. The Morgan fingerprint density at radius 2 is 2.31 bits per heavy atom. The Morgan fingerprint density at radius 3 is 2.77 bits per heavy atom. The number of hydrogen-bond donors (Lipinski definition) is 1. The van der Waals surface area contributed by atoms with Crippen molar-refractivity contribution in [2.24, 2.45) is 7.05 Å². The van der Waals surface area contributed by atoms with Crippen molar-refractivity contribution in [1.82, 2.24) is 9.78 Å². The van der Waals surface area contributed by atoms with E-state index in [1.54, 1.807) is 17.2 Å². The molecule has 2 heterocycles. The largest absolute Gasteiger partial charge is 0.472 e. The minimum absolute atomic E-state index is 0.691. The van der Waals surface area contributed by atoms with Crippen LogP contribution in [0.2, 0.25) is 0 Å². The molecule has 2 aromatic heterocycles. The van der Waals surface area contributed by atoms with Gasteiger partial charge in [-0.25, -0.2) is 0 Å². The van der Waals surface area contributed by atoms with Crippen LogP contribution in [0.15, 0.2) is 23.0 Å². The van der Waals surface area contributed by atoms with Gasteiger partial charge in [-0.1, -0.05) is 0 Å². The van der Waals surface area contributed by atoms with Gasteiger partial charge in [0.15, 0.2) is 0 Å². The first-order valence-corrected chi connectivity index (χ1v) is 4.02. The highest BCUT2D eigenvalue weighted by Crippen LogP contribution is 2.25. The van der Waals surface area contributed by atoms with E-state index in [0.717, 1.165) is 16.8 Å². The summed E-state index contributed by atoms with van der Waals surface area (Å²) >= 11 is 0. The van der Waals surface area contributed by atoms with E-state index in [0.29, 0.717) is 5.82 Å². The number of aryl methyl sites for hydroxylation is 1. The van der Waals surface area contributed by atoms with E-state index in [-0.39, 0.29) is 0 Å². The molecule has 0 aliphatic rings. The van der Waals surface area contributed by atoms with Gasteiger partial charge in [0.25, 0.3) is 0 Å². The van der Waals surface area contributed by atoms with Crippen molar-refractivity contribution in [2.75, 3.05) is 5.73 Å². The molecule has 4 nitrogen and oxygen atoms in total. The molecule has 0 radical (unpaired) electrons. The second-order valence-electron chi connectivity index (χ2n) is 2.99. The van der Waals surface area contributed by atoms with Gasteiger partial charge in [0, 0.05) is 18.2 Å². The maximum atomic E-state index is 5.78. The predicted octanol–water partition coefficient (Wildman–Crippen LogP) is 1.57. The smallest absolute Gasteiger partial charge is 0.124 e. The summed E-state index contributed by atoms with van der Waals surface area (Å²) in [6.07, 6.45) is 3.29. The van der Waals surface area contributed by atoms with Crippen molar-refractivity contribution in [1.29, 1.82) is 0 Å². The topological polar surface area (TPSA) is 57.0 Å². The van der Waals surface area contributed by atoms with E-state index in [1.165, 1.54) is 0 Å². The Labute approximate surface area is 76.0 Å².